The number of carbonyl (C=O) groups is 4. The molecule has 2 fully saturated rings. The Kier molecular flexibility index (Phi) is 9.95. The molecule has 2 aliphatic rings. The summed E-state index contributed by atoms with van der Waals surface area (Å²) in [6, 6.07) is 8.76. The second-order valence-electron chi connectivity index (χ2n) is 9.35. The van der Waals surface area contributed by atoms with Gasteiger partial charge in [0.2, 0.25) is 11.8 Å². The predicted octanol–water partition coefficient (Wildman–Crippen LogP) is 2.38. The standard InChI is InChI=1S/C26H39N5O5/c1-3-16-31-22(32)21(12-8-9-15-28-25(35)36-19-20-10-6-5-7-11-20)29-23(33)26(31)13-17-30(18-14-26)24(34)27-4-2/h5-7,10-11,21H,3-4,8-9,12-19H2,1-2H3,(H,27,34)(H,28,35)(H,29,33)/t21-/m0/s1. The molecule has 2 aliphatic heterocycles. The second kappa shape index (κ2) is 13.1. The average molecular weight is 502 g/mol. The highest BCUT2D eigenvalue weighted by atomic mass is 16.5. The number of amides is 5. The minimum absolute atomic E-state index is 0.0573. The summed E-state index contributed by atoms with van der Waals surface area (Å²) in [6.45, 7) is 6.44. The van der Waals surface area contributed by atoms with E-state index in [1.165, 1.54) is 0 Å². The lowest BCUT2D eigenvalue weighted by Crippen LogP contribution is -2.73. The number of nitrogens with one attached hydrogen (secondary N) is 3. The smallest absolute Gasteiger partial charge is 0.407 e. The zero-order valence-electron chi connectivity index (χ0n) is 21.4. The summed E-state index contributed by atoms with van der Waals surface area (Å²) >= 11 is 0. The number of nitrogens with zero attached hydrogens (tertiary/aromatic N) is 2. The summed E-state index contributed by atoms with van der Waals surface area (Å²) in [4.78, 5) is 54.2. The van der Waals surface area contributed by atoms with Crippen molar-refractivity contribution in [3.63, 3.8) is 0 Å². The first-order chi connectivity index (χ1) is 17.4. The number of rotatable bonds is 10. The van der Waals surface area contributed by atoms with Crippen molar-refractivity contribution in [3.05, 3.63) is 35.9 Å². The van der Waals surface area contributed by atoms with Crippen molar-refractivity contribution in [1.29, 1.82) is 0 Å². The quantitative estimate of drug-likeness (QED) is 0.425. The van der Waals surface area contributed by atoms with Crippen LogP contribution in [0.25, 0.3) is 0 Å². The van der Waals surface area contributed by atoms with Gasteiger partial charge in [0.15, 0.2) is 0 Å². The molecule has 0 radical (unpaired) electrons. The molecule has 1 aromatic rings. The normalized spacial score (nSPS) is 19.1. The molecular weight excluding hydrogens is 462 g/mol. The molecule has 1 spiro atoms. The van der Waals surface area contributed by atoms with Crippen LogP contribution in [0.1, 0.15) is 57.9 Å². The number of urea groups is 1. The van der Waals surface area contributed by atoms with E-state index >= 15 is 0 Å². The van der Waals surface area contributed by atoms with Crippen molar-refractivity contribution in [2.75, 3.05) is 32.7 Å². The topological polar surface area (TPSA) is 120 Å². The van der Waals surface area contributed by atoms with E-state index in [0.29, 0.717) is 64.8 Å². The third kappa shape index (κ3) is 6.67. The van der Waals surface area contributed by atoms with Gasteiger partial charge in [0.05, 0.1) is 0 Å². The molecule has 1 aromatic carbocycles. The number of piperidine rings is 1. The van der Waals surface area contributed by atoms with Gasteiger partial charge in [0, 0.05) is 32.7 Å². The van der Waals surface area contributed by atoms with Crippen LogP contribution in [0.2, 0.25) is 0 Å². The molecule has 0 unspecified atom stereocenters. The van der Waals surface area contributed by atoms with Crippen LogP contribution in [0.4, 0.5) is 9.59 Å². The Morgan fingerprint density at radius 1 is 1.08 bits per heavy atom. The number of carbonyl (C=O) groups excluding carboxylic acids is 4. The van der Waals surface area contributed by atoms with E-state index in [-0.39, 0.29) is 24.5 Å². The maximum Gasteiger partial charge on any atom is 0.407 e. The lowest BCUT2D eigenvalue weighted by Gasteiger charge is -2.51. The SMILES string of the molecule is CCCN1C(=O)[C@H](CCCCNC(=O)OCc2ccccc2)NC(=O)C12CCN(C(=O)NCC)CC2. The molecule has 0 bridgehead atoms. The molecule has 36 heavy (non-hydrogen) atoms. The van der Waals surface area contributed by atoms with Gasteiger partial charge in [-0.25, -0.2) is 9.59 Å². The van der Waals surface area contributed by atoms with E-state index in [4.69, 9.17) is 4.74 Å². The van der Waals surface area contributed by atoms with Crippen LogP contribution < -0.4 is 16.0 Å². The Hall–Kier alpha value is -3.30. The molecule has 10 nitrogen and oxygen atoms in total. The third-order valence-corrected chi connectivity index (χ3v) is 6.86. The Balaban J connectivity index is 1.45. The highest BCUT2D eigenvalue weighted by molar-refractivity contribution is 6.00. The van der Waals surface area contributed by atoms with Crippen molar-refractivity contribution in [1.82, 2.24) is 25.8 Å². The van der Waals surface area contributed by atoms with Gasteiger partial charge in [0.25, 0.3) is 0 Å². The molecule has 3 rings (SSSR count). The van der Waals surface area contributed by atoms with Crippen LogP contribution in [0, 0.1) is 0 Å². The fraction of sp³-hybridized carbons (Fsp3) is 0.615. The number of likely N-dealkylation sites (tertiary alicyclic amines) is 1. The maximum atomic E-state index is 13.4. The van der Waals surface area contributed by atoms with Gasteiger partial charge in [-0.05, 0) is 51.0 Å². The van der Waals surface area contributed by atoms with E-state index in [1.807, 2.05) is 44.2 Å². The van der Waals surface area contributed by atoms with Gasteiger partial charge >= 0.3 is 12.1 Å². The average Bonchev–Trinajstić information content (AvgIpc) is 2.89. The second-order valence-corrected chi connectivity index (χ2v) is 9.35. The van der Waals surface area contributed by atoms with Crippen molar-refractivity contribution in [2.45, 2.75) is 70.6 Å². The van der Waals surface area contributed by atoms with Gasteiger partial charge in [-0.2, -0.15) is 0 Å². The zero-order valence-corrected chi connectivity index (χ0v) is 21.4. The summed E-state index contributed by atoms with van der Waals surface area (Å²) < 4.78 is 5.20. The van der Waals surface area contributed by atoms with Gasteiger partial charge in [-0.15, -0.1) is 0 Å². The Morgan fingerprint density at radius 3 is 2.47 bits per heavy atom. The maximum absolute atomic E-state index is 13.4. The van der Waals surface area contributed by atoms with Crippen LogP contribution in [-0.4, -0.2) is 78.0 Å². The summed E-state index contributed by atoms with van der Waals surface area (Å²) in [5.74, 6) is -0.183. The van der Waals surface area contributed by atoms with Crippen LogP contribution in [0.3, 0.4) is 0 Å². The predicted molar refractivity (Wildman–Crippen MR) is 135 cm³/mol. The number of ether oxygens (including phenoxy) is 1. The monoisotopic (exact) mass is 501 g/mol. The summed E-state index contributed by atoms with van der Waals surface area (Å²) in [7, 11) is 0. The lowest BCUT2D eigenvalue weighted by atomic mass is 9.81. The van der Waals surface area contributed by atoms with Crippen LogP contribution >= 0.6 is 0 Å². The van der Waals surface area contributed by atoms with E-state index in [9.17, 15) is 19.2 Å². The molecule has 0 aromatic heterocycles. The van der Waals surface area contributed by atoms with Gasteiger partial charge in [0.1, 0.15) is 18.2 Å². The van der Waals surface area contributed by atoms with Gasteiger partial charge in [-0.3, -0.25) is 9.59 Å². The van der Waals surface area contributed by atoms with Gasteiger partial charge < -0.3 is 30.5 Å². The lowest BCUT2D eigenvalue weighted by molar-refractivity contribution is -0.161. The van der Waals surface area contributed by atoms with E-state index < -0.39 is 17.7 Å². The van der Waals surface area contributed by atoms with Crippen LogP contribution in [-0.2, 0) is 20.9 Å². The summed E-state index contributed by atoms with van der Waals surface area (Å²) in [5, 5.41) is 8.49. The molecular formula is C26H39N5O5. The minimum Gasteiger partial charge on any atom is -0.445 e. The molecule has 10 heteroatoms. The molecule has 2 saturated heterocycles. The number of alkyl carbamates (subject to hydrolysis) is 1. The number of piperazine rings is 1. The fourth-order valence-electron chi connectivity index (χ4n) is 4.90. The van der Waals surface area contributed by atoms with Crippen molar-refractivity contribution in [3.8, 4) is 0 Å². The highest BCUT2D eigenvalue weighted by Crippen LogP contribution is 2.34. The number of benzene rings is 1. The third-order valence-electron chi connectivity index (χ3n) is 6.86. The number of unbranched alkanes of at least 4 members (excludes halogenated alkanes) is 1. The Bertz CT molecular complexity index is 901. The Labute approximate surface area is 213 Å². The first kappa shape index (κ1) is 27.3. The zero-order chi connectivity index (χ0) is 26.0. The van der Waals surface area contributed by atoms with Crippen molar-refractivity contribution >= 4 is 23.9 Å². The van der Waals surface area contributed by atoms with Crippen molar-refractivity contribution < 1.29 is 23.9 Å². The van der Waals surface area contributed by atoms with E-state index in [2.05, 4.69) is 16.0 Å². The first-order valence-corrected chi connectivity index (χ1v) is 13.0. The van der Waals surface area contributed by atoms with Gasteiger partial charge in [-0.1, -0.05) is 37.3 Å². The van der Waals surface area contributed by atoms with E-state index in [1.54, 1.807) is 9.80 Å². The number of hydrogen-bond donors (Lipinski definition) is 3. The molecule has 2 heterocycles. The molecule has 0 aliphatic carbocycles. The van der Waals surface area contributed by atoms with Crippen LogP contribution in [0.5, 0.6) is 0 Å². The molecule has 0 saturated carbocycles. The molecule has 5 amide bonds. The Morgan fingerprint density at radius 2 is 1.81 bits per heavy atom. The largest absolute Gasteiger partial charge is 0.445 e. The van der Waals surface area contributed by atoms with Crippen LogP contribution in [0.15, 0.2) is 30.3 Å². The molecule has 3 N–H and O–H groups in total. The van der Waals surface area contributed by atoms with Crippen molar-refractivity contribution in [2.24, 2.45) is 0 Å². The first-order valence-electron chi connectivity index (χ1n) is 13.0. The summed E-state index contributed by atoms with van der Waals surface area (Å²) in [5.41, 5.74) is 0.0277. The highest BCUT2D eigenvalue weighted by Gasteiger charge is 2.53. The molecule has 1 atom stereocenters. The fourth-order valence-corrected chi connectivity index (χ4v) is 4.90. The van der Waals surface area contributed by atoms with E-state index in [0.717, 1.165) is 12.0 Å². The minimum atomic E-state index is -0.892. The number of hydrogen-bond acceptors (Lipinski definition) is 5. The molecule has 198 valence electrons. The summed E-state index contributed by atoms with van der Waals surface area (Å²) in [6.07, 6.45) is 2.99.